The van der Waals surface area contributed by atoms with Gasteiger partial charge in [-0.1, -0.05) is 53.2 Å². The Morgan fingerprint density at radius 2 is 1.42 bits per heavy atom. The second-order valence-corrected chi connectivity index (χ2v) is 25.8. The SMILES string of the molecule is CC(=O)OC(C)C(C)C(=O)OC[C@]12C3CC(C)(C)[C@@H](O[C@H]1C[C@]1(C)C3=CCC3[C@@]4(C)CC[C@H](O[C@@H]5O[C@H](C(=O)O)C(O[C@H]6O[C@H](CO)[C@@H](O)[C@H](O)[C@H]6O)[C@H](O)[C@H]5O[C@H]5OC[C@H](O)[C@@H](O)[C@@H]5O)[C@](C)(CO)C4CC[C@]31C)[C@H]2O.[Mg+2]. The third kappa shape index (κ3) is 9.74. The van der Waals surface area contributed by atoms with E-state index < -0.39 is 181 Å². The van der Waals surface area contributed by atoms with E-state index in [1.807, 2.05) is 6.92 Å². The van der Waals surface area contributed by atoms with Crippen LogP contribution in [0.5, 0.6) is 0 Å². The Kier molecular flexibility index (Phi) is 17.8. The number of esters is 2. The summed E-state index contributed by atoms with van der Waals surface area (Å²) in [6.45, 7) is 15.8. The van der Waals surface area contributed by atoms with Crippen molar-refractivity contribution >= 4 is 41.0 Å². The van der Waals surface area contributed by atoms with Crippen molar-refractivity contribution in [1.82, 2.24) is 0 Å². The van der Waals surface area contributed by atoms with Crippen LogP contribution in [0.2, 0.25) is 0 Å². The number of carboxylic acids is 1. The van der Waals surface area contributed by atoms with Crippen molar-refractivity contribution in [3.05, 3.63) is 11.6 Å². The summed E-state index contributed by atoms with van der Waals surface area (Å²) in [5.74, 6) is -3.82. The Bertz CT molecular complexity index is 2240. The van der Waals surface area contributed by atoms with Crippen LogP contribution in [0, 0.1) is 56.2 Å². The Morgan fingerprint density at radius 3 is 2.06 bits per heavy atom. The molecule has 0 aromatic heterocycles. The van der Waals surface area contributed by atoms with Gasteiger partial charge in [-0.15, -0.1) is 0 Å². The summed E-state index contributed by atoms with van der Waals surface area (Å²) in [6.07, 6.45) is -22.8. The van der Waals surface area contributed by atoms with Crippen molar-refractivity contribution in [3.63, 3.8) is 0 Å². The number of carbonyl (C=O) groups is 3. The van der Waals surface area contributed by atoms with E-state index in [9.17, 15) is 70.6 Å². The van der Waals surface area contributed by atoms with Crippen molar-refractivity contribution in [2.24, 2.45) is 56.2 Å². The summed E-state index contributed by atoms with van der Waals surface area (Å²) in [4.78, 5) is 38.4. The van der Waals surface area contributed by atoms with Gasteiger partial charge in [0, 0.05) is 12.3 Å². The molecule has 9 rings (SSSR count). The van der Waals surface area contributed by atoms with Gasteiger partial charge in [0.1, 0.15) is 73.8 Å². The fourth-order valence-electron chi connectivity index (χ4n) is 16.5. The molecule has 4 heterocycles. The first-order valence-corrected chi connectivity index (χ1v) is 27.4. The van der Waals surface area contributed by atoms with E-state index in [2.05, 4.69) is 40.7 Å². The minimum Gasteiger partial charge on any atom is -0.479 e. The molecule has 4 aliphatic heterocycles. The van der Waals surface area contributed by atoms with Crippen molar-refractivity contribution < 1.29 is 113 Å². The zero-order valence-corrected chi connectivity index (χ0v) is 47.6. The second kappa shape index (κ2) is 22.3. The molecule has 0 spiro atoms. The summed E-state index contributed by atoms with van der Waals surface area (Å²) in [5.41, 5.74) is -2.40. The Hall–Kier alpha value is -1.76. The molecule has 4 saturated heterocycles. The molecule has 9 aliphatic rings. The van der Waals surface area contributed by atoms with Gasteiger partial charge in [-0.2, -0.15) is 0 Å². The van der Waals surface area contributed by atoms with Gasteiger partial charge in [-0.05, 0) is 98.2 Å². The van der Waals surface area contributed by atoms with Gasteiger partial charge in [0.15, 0.2) is 25.0 Å². The van der Waals surface area contributed by atoms with Crippen molar-refractivity contribution in [3.8, 4) is 0 Å². The van der Waals surface area contributed by atoms with Crippen LogP contribution in [0.25, 0.3) is 0 Å². The fraction of sp³-hybridized carbons (Fsp3) is 0.907. The molecule has 28 atom stereocenters. The van der Waals surface area contributed by atoms with Gasteiger partial charge in [0.2, 0.25) is 0 Å². The molecule has 4 saturated carbocycles. The number of carboxylic acid groups (broad SMARTS) is 1. The summed E-state index contributed by atoms with van der Waals surface area (Å²) in [5, 5.41) is 120. The van der Waals surface area contributed by atoms with Gasteiger partial charge in [0.25, 0.3) is 0 Å². The number of fused-ring (bicyclic) bond motifs is 7. The summed E-state index contributed by atoms with van der Waals surface area (Å²) in [7, 11) is 0. The molecule has 23 nitrogen and oxygen atoms in total. The summed E-state index contributed by atoms with van der Waals surface area (Å²) in [6, 6.07) is 0. The predicted octanol–water partition coefficient (Wildman–Crippen LogP) is -0.966. The van der Waals surface area contributed by atoms with Crippen LogP contribution in [-0.2, 0) is 57.0 Å². The Balaban J connectivity index is 0.00000803. The maximum absolute atomic E-state index is 13.6. The van der Waals surface area contributed by atoms with Gasteiger partial charge in [-0.25, -0.2) is 4.79 Å². The van der Waals surface area contributed by atoms with E-state index in [4.69, 9.17) is 42.6 Å². The van der Waals surface area contributed by atoms with Gasteiger partial charge >= 0.3 is 41.0 Å². The maximum Gasteiger partial charge on any atom is 2.00 e. The number of aliphatic carboxylic acids is 1. The number of carbonyl (C=O) groups excluding carboxylic acids is 2. The van der Waals surface area contributed by atoms with E-state index in [-0.39, 0.29) is 59.4 Å². The molecule has 11 N–H and O–H groups in total. The minimum absolute atomic E-state index is 0. The number of hydrogen-bond acceptors (Lipinski definition) is 22. The molecule has 0 aromatic rings. The molecule has 8 fully saturated rings. The molecule has 0 amide bonds. The number of aliphatic hydroxyl groups excluding tert-OH is 10. The van der Waals surface area contributed by atoms with E-state index in [1.54, 1.807) is 13.8 Å². The number of ether oxygens (including phenoxy) is 9. The third-order valence-electron chi connectivity index (χ3n) is 21.3. The van der Waals surface area contributed by atoms with Crippen LogP contribution in [-0.4, -0.2) is 240 Å². The van der Waals surface area contributed by atoms with E-state index in [1.165, 1.54) is 12.5 Å². The predicted molar refractivity (Wildman–Crippen MR) is 267 cm³/mol. The quantitative estimate of drug-likeness (QED) is 0.0432. The van der Waals surface area contributed by atoms with E-state index >= 15 is 0 Å². The number of allylic oxidation sites excluding steroid dienone is 2. The smallest absolute Gasteiger partial charge is 0.479 e. The number of rotatable bonds is 14. The van der Waals surface area contributed by atoms with Crippen molar-refractivity contribution in [2.75, 3.05) is 26.4 Å². The zero-order valence-electron chi connectivity index (χ0n) is 46.2. The average molecular weight is 1130 g/mol. The largest absolute Gasteiger partial charge is 2.00 e. The summed E-state index contributed by atoms with van der Waals surface area (Å²) >= 11 is 0. The van der Waals surface area contributed by atoms with Crippen LogP contribution in [0.1, 0.15) is 107 Å². The molecular weight excluding hydrogens is 1040 g/mol. The third-order valence-corrected chi connectivity index (χ3v) is 21.3. The first-order chi connectivity index (χ1) is 36.0. The molecule has 78 heavy (non-hydrogen) atoms. The van der Waals surface area contributed by atoms with Crippen molar-refractivity contribution in [2.45, 2.75) is 224 Å². The number of aliphatic hydroxyl groups is 10. The van der Waals surface area contributed by atoms with Gasteiger partial charge in [0.05, 0.1) is 55.6 Å². The number of hydrogen-bond donors (Lipinski definition) is 11. The maximum atomic E-state index is 13.6. The molecule has 0 aromatic carbocycles. The Labute approximate surface area is 470 Å². The second-order valence-electron chi connectivity index (χ2n) is 25.8. The van der Waals surface area contributed by atoms with E-state index in [0.29, 0.717) is 44.9 Å². The van der Waals surface area contributed by atoms with Gasteiger partial charge in [-0.3, -0.25) is 9.59 Å². The molecule has 5 aliphatic carbocycles. The summed E-state index contributed by atoms with van der Waals surface area (Å²) < 4.78 is 54.3. The molecule has 6 unspecified atom stereocenters. The first kappa shape index (κ1) is 62.3. The molecule has 2 bridgehead atoms. The monoisotopic (exact) mass is 1120 g/mol. The molecule has 438 valence electrons. The normalized spacial score (nSPS) is 51.0. The molecular formula is C54H84MgO23+2. The minimum atomic E-state index is -2.09. The molecule has 0 radical (unpaired) electrons. The van der Waals surface area contributed by atoms with Crippen molar-refractivity contribution in [1.29, 1.82) is 0 Å². The molecule has 24 heteroatoms. The van der Waals surface area contributed by atoms with Crippen LogP contribution < -0.4 is 0 Å². The van der Waals surface area contributed by atoms with Gasteiger partial charge < -0.3 is 98.8 Å². The zero-order chi connectivity index (χ0) is 56.4. The average Bonchev–Trinajstić information content (AvgIpc) is 3.60. The standard InChI is InChI=1S/C54H84O23.Mg/c1-22(23(2)71-24(3)57)45(68)70-21-54-26-16-49(4,5)43(42(54)65)73-32(54)17-53(9)25(26)10-11-30-50(6)14-13-31(51(7,20-56)29(50)12-15-52(30,53)8)74-48-40(76-46-36(62)33(59)27(58)19-69-46)38(64)39(41(77-48)44(66)67)75-47-37(63)35(61)34(60)28(18-55)72-47;/h10,22-23,26-43,46-48,55-56,58-65H,11-21H2,1-9H3,(H,66,67);/q;+2/t22?,23?,26?,27-,28+,29?,30?,31-,32-,33+,34+,35-,36-,37+,38-,39?,40+,41-,42+,43-,46+,47+,48+,50-,51+,52+,53+,54-;/m0./s1. The van der Waals surface area contributed by atoms with Crippen LogP contribution in [0.15, 0.2) is 11.6 Å². The topological polar surface area (TPSA) is 357 Å². The fourth-order valence-corrected chi connectivity index (χ4v) is 16.5. The van der Waals surface area contributed by atoms with Crippen LogP contribution in [0.4, 0.5) is 0 Å². The van der Waals surface area contributed by atoms with Crippen LogP contribution in [0.3, 0.4) is 0 Å². The van der Waals surface area contributed by atoms with E-state index in [0.717, 1.165) is 0 Å². The van der Waals surface area contributed by atoms with Crippen LogP contribution >= 0.6 is 0 Å². The first-order valence-electron chi connectivity index (χ1n) is 27.4. The Morgan fingerprint density at radius 1 is 0.756 bits per heavy atom.